The maximum absolute atomic E-state index is 12.8. The zero-order chi connectivity index (χ0) is 20.2. The van der Waals surface area contributed by atoms with Gasteiger partial charge in [0.05, 0.1) is 10.7 Å². The third-order valence-electron chi connectivity index (χ3n) is 5.17. The van der Waals surface area contributed by atoms with Gasteiger partial charge in [-0.2, -0.15) is 0 Å². The molecular formula is C23H23N3O2S. The van der Waals surface area contributed by atoms with Crippen molar-refractivity contribution in [1.82, 2.24) is 15.2 Å². The highest BCUT2D eigenvalue weighted by Gasteiger charge is 2.34. The van der Waals surface area contributed by atoms with Crippen LogP contribution in [-0.2, 0) is 11.3 Å². The summed E-state index contributed by atoms with van der Waals surface area (Å²) in [6.45, 7) is 3.06. The van der Waals surface area contributed by atoms with E-state index in [1.165, 1.54) is 0 Å². The lowest BCUT2D eigenvalue weighted by Crippen LogP contribution is -2.45. The molecule has 3 aromatic rings. The molecular weight excluding hydrogens is 382 g/mol. The van der Waals surface area contributed by atoms with Gasteiger partial charge in [-0.25, -0.2) is 4.98 Å². The molecule has 148 valence electrons. The van der Waals surface area contributed by atoms with Crippen molar-refractivity contribution in [3.05, 3.63) is 76.1 Å². The molecule has 0 saturated carbocycles. The van der Waals surface area contributed by atoms with Crippen molar-refractivity contribution in [1.29, 1.82) is 0 Å². The summed E-state index contributed by atoms with van der Waals surface area (Å²) >= 11 is 1.63. The molecule has 1 saturated heterocycles. The first kappa shape index (κ1) is 19.3. The summed E-state index contributed by atoms with van der Waals surface area (Å²) in [5.74, 6) is -0.169. The molecule has 29 heavy (non-hydrogen) atoms. The van der Waals surface area contributed by atoms with Gasteiger partial charge >= 0.3 is 0 Å². The maximum Gasteiger partial charge on any atom is 0.254 e. The zero-order valence-electron chi connectivity index (χ0n) is 16.3. The molecule has 1 aromatic heterocycles. The number of likely N-dealkylation sites (tertiary alicyclic amines) is 1. The van der Waals surface area contributed by atoms with E-state index in [9.17, 15) is 9.59 Å². The van der Waals surface area contributed by atoms with E-state index >= 15 is 0 Å². The van der Waals surface area contributed by atoms with Crippen molar-refractivity contribution in [2.75, 3.05) is 6.54 Å². The summed E-state index contributed by atoms with van der Waals surface area (Å²) in [4.78, 5) is 31.7. The van der Waals surface area contributed by atoms with Gasteiger partial charge < -0.3 is 10.2 Å². The highest BCUT2D eigenvalue weighted by molar-refractivity contribution is 7.09. The summed E-state index contributed by atoms with van der Waals surface area (Å²) in [5.41, 5.74) is 3.69. The minimum atomic E-state index is -0.403. The van der Waals surface area contributed by atoms with Crippen LogP contribution in [0.4, 0.5) is 0 Å². The molecule has 4 rings (SSSR count). The predicted octanol–water partition coefficient (Wildman–Crippen LogP) is 4.04. The van der Waals surface area contributed by atoms with Gasteiger partial charge in [-0.1, -0.05) is 42.5 Å². The average Bonchev–Trinajstić information content (AvgIpc) is 3.42. The van der Waals surface area contributed by atoms with Crippen LogP contribution in [0.25, 0.3) is 11.3 Å². The molecule has 2 aromatic carbocycles. The number of thiazole rings is 1. The van der Waals surface area contributed by atoms with Crippen LogP contribution in [0.3, 0.4) is 0 Å². The second kappa shape index (κ2) is 8.57. The van der Waals surface area contributed by atoms with Crippen molar-refractivity contribution >= 4 is 23.2 Å². The fraction of sp³-hybridized carbons (Fsp3) is 0.261. The lowest BCUT2D eigenvalue weighted by molar-refractivity contribution is -0.125. The van der Waals surface area contributed by atoms with Crippen molar-refractivity contribution in [2.24, 2.45) is 0 Å². The summed E-state index contributed by atoms with van der Waals surface area (Å²) in [6.07, 6.45) is 1.55. The molecule has 0 aliphatic carbocycles. The van der Waals surface area contributed by atoms with Crippen LogP contribution in [0.5, 0.6) is 0 Å². The molecule has 5 nitrogen and oxygen atoms in total. The summed E-state index contributed by atoms with van der Waals surface area (Å²) in [6, 6.07) is 16.8. The first-order valence-electron chi connectivity index (χ1n) is 9.77. The number of nitrogens with zero attached hydrogens (tertiary/aromatic N) is 2. The zero-order valence-corrected chi connectivity index (χ0v) is 17.1. The number of aromatic nitrogens is 1. The van der Waals surface area contributed by atoms with Crippen LogP contribution in [0, 0.1) is 6.92 Å². The van der Waals surface area contributed by atoms with Crippen LogP contribution in [0.15, 0.2) is 60.0 Å². The second-order valence-electron chi connectivity index (χ2n) is 7.19. The summed E-state index contributed by atoms with van der Waals surface area (Å²) < 4.78 is 0. The van der Waals surface area contributed by atoms with Crippen molar-refractivity contribution in [3.63, 3.8) is 0 Å². The fourth-order valence-corrected chi connectivity index (χ4v) is 4.25. The molecule has 1 atom stereocenters. The SMILES string of the molecule is Cc1nc(-c2ccc(CNC(=O)C3CCCN3C(=O)c3ccccc3)cc2)cs1. The van der Waals surface area contributed by atoms with E-state index in [4.69, 9.17) is 0 Å². The number of hydrogen-bond donors (Lipinski definition) is 1. The lowest BCUT2D eigenvalue weighted by atomic mass is 10.1. The Bertz CT molecular complexity index is 998. The summed E-state index contributed by atoms with van der Waals surface area (Å²) in [5, 5.41) is 6.08. The number of hydrogen-bond acceptors (Lipinski definition) is 4. The number of aryl methyl sites for hydroxylation is 1. The lowest BCUT2D eigenvalue weighted by Gasteiger charge is -2.24. The standard InChI is InChI=1S/C23H23N3O2S/c1-16-25-20(15-29-16)18-11-9-17(10-12-18)14-24-22(27)21-8-5-13-26(21)23(28)19-6-3-2-4-7-19/h2-4,6-7,9-12,15,21H,5,8,13-14H2,1H3,(H,24,27). The Balaban J connectivity index is 1.37. The number of rotatable bonds is 5. The normalized spacial score (nSPS) is 16.0. The number of nitrogens with one attached hydrogen (secondary N) is 1. The van der Waals surface area contributed by atoms with Crippen molar-refractivity contribution in [2.45, 2.75) is 32.4 Å². The number of carbonyl (C=O) groups is 2. The molecule has 0 bridgehead atoms. The Labute approximate surface area is 174 Å². The first-order valence-corrected chi connectivity index (χ1v) is 10.6. The molecule has 2 amide bonds. The third-order valence-corrected chi connectivity index (χ3v) is 5.95. The van der Waals surface area contributed by atoms with E-state index in [-0.39, 0.29) is 11.8 Å². The summed E-state index contributed by atoms with van der Waals surface area (Å²) in [7, 11) is 0. The van der Waals surface area contributed by atoms with Crippen LogP contribution in [0.1, 0.15) is 33.8 Å². The van der Waals surface area contributed by atoms with Gasteiger partial charge in [-0.05, 0) is 37.5 Å². The van der Waals surface area contributed by atoms with Crippen LogP contribution < -0.4 is 5.32 Å². The quantitative estimate of drug-likeness (QED) is 0.697. The number of amides is 2. The van der Waals surface area contributed by atoms with Gasteiger partial charge in [0.2, 0.25) is 5.91 Å². The highest BCUT2D eigenvalue weighted by atomic mass is 32.1. The maximum atomic E-state index is 12.8. The molecule has 1 fully saturated rings. The Morgan fingerprint density at radius 1 is 1.14 bits per heavy atom. The minimum absolute atomic E-state index is 0.0776. The second-order valence-corrected chi connectivity index (χ2v) is 8.25. The van der Waals surface area contributed by atoms with E-state index < -0.39 is 6.04 Å². The molecule has 2 heterocycles. The van der Waals surface area contributed by atoms with Gasteiger partial charge in [-0.15, -0.1) is 11.3 Å². The number of benzene rings is 2. The van der Waals surface area contributed by atoms with Gasteiger partial charge in [0.15, 0.2) is 0 Å². The molecule has 6 heteroatoms. The smallest absolute Gasteiger partial charge is 0.254 e. The van der Waals surface area contributed by atoms with E-state index in [1.54, 1.807) is 28.4 Å². The Morgan fingerprint density at radius 2 is 1.90 bits per heavy atom. The first-order chi connectivity index (χ1) is 14.1. The van der Waals surface area contributed by atoms with E-state index in [0.29, 0.717) is 25.1 Å². The third kappa shape index (κ3) is 4.38. The Morgan fingerprint density at radius 3 is 2.59 bits per heavy atom. The molecule has 1 aliphatic rings. The fourth-order valence-electron chi connectivity index (χ4n) is 3.63. The predicted molar refractivity (Wildman–Crippen MR) is 115 cm³/mol. The van der Waals surface area contributed by atoms with E-state index in [1.807, 2.05) is 54.8 Å². The van der Waals surface area contributed by atoms with Crippen LogP contribution in [0.2, 0.25) is 0 Å². The topological polar surface area (TPSA) is 62.3 Å². The van der Waals surface area contributed by atoms with E-state index in [2.05, 4.69) is 10.3 Å². The average molecular weight is 406 g/mol. The van der Waals surface area contributed by atoms with Crippen LogP contribution in [-0.4, -0.2) is 34.3 Å². The van der Waals surface area contributed by atoms with Crippen molar-refractivity contribution < 1.29 is 9.59 Å². The van der Waals surface area contributed by atoms with Gasteiger partial charge in [0.25, 0.3) is 5.91 Å². The van der Waals surface area contributed by atoms with E-state index in [0.717, 1.165) is 28.2 Å². The Hall–Kier alpha value is -2.99. The molecule has 1 N–H and O–H groups in total. The Kier molecular flexibility index (Phi) is 5.71. The molecule has 0 spiro atoms. The molecule has 0 radical (unpaired) electrons. The minimum Gasteiger partial charge on any atom is -0.350 e. The van der Waals surface area contributed by atoms with Gasteiger partial charge in [0.1, 0.15) is 6.04 Å². The molecule has 1 aliphatic heterocycles. The van der Waals surface area contributed by atoms with Crippen molar-refractivity contribution in [3.8, 4) is 11.3 Å². The molecule has 1 unspecified atom stereocenters. The highest BCUT2D eigenvalue weighted by Crippen LogP contribution is 2.23. The van der Waals surface area contributed by atoms with Crippen LogP contribution >= 0.6 is 11.3 Å². The van der Waals surface area contributed by atoms with Gasteiger partial charge in [0, 0.05) is 29.6 Å². The number of carbonyl (C=O) groups excluding carboxylic acids is 2. The monoisotopic (exact) mass is 405 g/mol. The van der Waals surface area contributed by atoms with Gasteiger partial charge in [-0.3, -0.25) is 9.59 Å². The largest absolute Gasteiger partial charge is 0.350 e.